The number of aromatic nitrogens is 4. The maximum Gasteiger partial charge on any atom is 0.422 e. The smallest absolute Gasteiger partial charge is 0.422 e. The molecule has 1 amide bonds. The van der Waals surface area contributed by atoms with Crippen molar-refractivity contribution < 1.29 is 36.9 Å². The molecule has 4 aliphatic heterocycles. The van der Waals surface area contributed by atoms with Crippen LogP contribution in [0.25, 0.3) is 39.0 Å². The summed E-state index contributed by atoms with van der Waals surface area (Å²) in [5.74, 6) is 1.25. The van der Waals surface area contributed by atoms with Crippen LogP contribution in [0.1, 0.15) is 94.8 Å². The summed E-state index contributed by atoms with van der Waals surface area (Å²) in [6.07, 6.45) is 4.19. The first-order chi connectivity index (χ1) is 26.7. The summed E-state index contributed by atoms with van der Waals surface area (Å²) in [6, 6.07) is 5.91. The number of hydrogen-bond acceptors (Lipinski definition) is 9. The van der Waals surface area contributed by atoms with E-state index in [2.05, 4.69) is 11.5 Å². The number of ether oxygens (including phenoxy) is 4. The third kappa shape index (κ3) is 7.54. The minimum absolute atomic E-state index is 0.0243. The van der Waals surface area contributed by atoms with Crippen LogP contribution in [0, 0.1) is 12.3 Å². The molecule has 2 aromatic carbocycles. The van der Waals surface area contributed by atoms with Gasteiger partial charge < -0.3 is 28.7 Å². The SMILES string of the molecule is C=Cc1cc2c(N3CCC4(CC3)CN(C(=O)OC(C)(C)C)C4)nc(C3CCOCC3)nc2c(OCC(F)(F)F)c1-c1c(C)ccc2c1cnn2C1CCCCO1. The lowest BCUT2D eigenvalue weighted by molar-refractivity contribution is -0.153. The summed E-state index contributed by atoms with van der Waals surface area (Å²) in [5, 5.41) is 6.14. The molecule has 2 aromatic heterocycles. The maximum atomic E-state index is 14.2. The highest BCUT2D eigenvalue weighted by molar-refractivity contribution is 6.07. The summed E-state index contributed by atoms with van der Waals surface area (Å²) in [6.45, 7) is 14.5. The molecule has 300 valence electrons. The number of amides is 1. The van der Waals surface area contributed by atoms with Gasteiger partial charge >= 0.3 is 12.3 Å². The number of likely N-dealkylation sites (tertiary alicyclic amines) is 1. The van der Waals surface area contributed by atoms with Gasteiger partial charge in [0, 0.05) is 73.7 Å². The Labute approximate surface area is 325 Å². The van der Waals surface area contributed by atoms with Gasteiger partial charge in [-0.3, -0.25) is 0 Å². The number of nitrogens with zero attached hydrogens (tertiary/aromatic N) is 6. The van der Waals surface area contributed by atoms with Crippen LogP contribution < -0.4 is 9.64 Å². The van der Waals surface area contributed by atoms with E-state index in [0.717, 1.165) is 48.6 Å². The van der Waals surface area contributed by atoms with E-state index < -0.39 is 18.4 Å². The van der Waals surface area contributed by atoms with Gasteiger partial charge in [0.05, 0.1) is 11.7 Å². The molecule has 1 atom stereocenters. The first-order valence-electron chi connectivity index (χ1n) is 19.8. The number of carbonyl (C=O) groups excluding carboxylic acids is 1. The molecule has 8 rings (SSSR count). The minimum atomic E-state index is -4.60. The molecule has 4 fully saturated rings. The van der Waals surface area contributed by atoms with Gasteiger partial charge in [-0.25, -0.2) is 19.4 Å². The number of halogens is 3. The van der Waals surface area contributed by atoms with Crippen LogP contribution in [0.3, 0.4) is 0 Å². The second kappa shape index (κ2) is 14.8. The van der Waals surface area contributed by atoms with Crippen molar-refractivity contribution in [2.45, 2.75) is 96.6 Å². The van der Waals surface area contributed by atoms with Crippen molar-refractivity contribution in [3.8, 4) is 16.9 Å². The maximum absolute atomic E-state index is 14.2. The molecular formula is C42H51F3N6O5. The number of fused-ring (bicyclic) bond motifs is 2. The lowest BCUT2D eigenvalue weighted by Gasteiger charge is -2.53. The molecule has 0 saturated carbocycles. The van der Waals surface area contributed by atoms with E-state index in [4.69, 9.17) is 34.0 Å². The van der Waals surface area contributed by atoms with E-state index in [-0.39, 0.29) is 29.4 Å². The number of carbonyl (C=O) groups is 1. The Morgan fingerprint density at radius 3 is 2.43 bits per heavy atom. The van der Waals surface area contributed by atoms with Crippen LogP contribution >= 0.6 is 0 Å². The monoisotopic (exact) mass is 776 g/mol. The molecule has 4 aliphatic rings. The van der Waals surface area contributed by atoms with Gasteiger partial charge in [0.15, 0.2) is 18.6 Å². The lowest BCUT2D eigenvalue weighted by Crippen LogP contribution is -2.62. The zero-order chi connectivity index (χ0) is 39.4. The molecule has 14 heteroatoms. The number of alkyl halides is 3. The Balaban J connectivity index is 1.25. The molecule has 4 saturated heterocycles. The van der Waals surface area contributed by atoms with Gasteiger partial charge in [-0.15, -0.1) is 0 Å². The second-order valence-electron chi connectivity index (χ2n) is 16.9. The normalized spacial score (nSPS) is 20.7. The van der Waals surface area contributed by atoms with Crippen LogP contribution in [-0.2, 0) is 14.2 Å². The molecular weight excluding hydrogens is 725 g/mol. The van der Waals surface area contributed by atoms with Crippen molar-refractivity contribution >= 4 is 39.8 Å². The molecule has 0 radical (unpaired) electrons. The summed E-state index contributed by atoms with van der Waals surface area (Å²) >= 11 is 0. The number of benzene rings is 2. The van der Waals surface area contributed by atoms with Crippen LogP contribution in [0.5, 0.6) is 5.75 Å². The van der Waals surface area contributed by atoms with Crippen molar-refractivity contribution in [1.82, 2.24) is 24.6 Å². The van der Waals surface area contributed by atoms with Gasteiger partial charge in [-0.05, 0) is 101 Å². The quantitative estimate of drug-likeness (QED) is 0.182. The van der Waals surface area contributed by atoms with Crippen molar-refractivity contribution in [2.24, 2.45) is 5.41 Å². The molecule has 0 aliphatic carbocycles. The topological polar surface area (TPSA) is 104 Å². The summed E-state index contributed by atoms with van der Waals surface area (Å²) in [4.78, 5) is 27.0. The third-order valence-electron chi connectivity index (χ3n) is 11.7. The van der Waals surface area contributed by atoms with E-state index in [0.29, 0.717) is 98.1 Å². The fourth-order valence-electron chi connectivity index (χ4n) is 8.79. The number of hydrogen-bond donors (Lipinski definition) is 0. The van der Waals surface area contributed by atoms with Crippen molar-refractivity contribution in [1.29, 1.82) is 0 Å². The van der Waals surface area contributed by atoms with Crippen molar-refractivity contribution in [2.75, 3.05) is 57.5 Å². The van der Waals surface area contributed by atoms with Gasteiger partial charge in [0.25, 0.3) is 0 Å². The number of anilines is 1. The number of aryl methyl sites for hydroxylation is 1. The Kier molecular flexibility index (Phi) is 10.2. The fourth-order valence-corrected chi connectivity index (χ4v) is 8.79. The van der Waals surface area contributed by atoms with Gasteiger partial charge in [-0.1, -0.05) is 18.7 Å². The molecule has 1 spiro atoms. The Bertz CT molecular complexity index is 2120. The fraction of sp³-hybridized carbons (Fsp3) is 0.571. The lowest BCUT2D eigenvalue weighted by atomic mass is 9.72. The van der Waals surface area contributed by atoms with Crippen LogP contribution in [0.15, 0.2) is 31.0 Å². The largest absolute Gasteiger partial charge is 0.481 e. The van der Waals surface area contributed by atoms with E-state index in [1.807, 2.05) is 50.6 Å². The first-order valence-corrected chi connectivity index (χ1v) is 19.8. The highest BCUT2D eigenvalue weighted by Crippen LogP contribution is 2.48. The molecule has 11 nitrogen and oxygen atoms in total. The van der Waals surface area contributed by atoms with Gasteiger partial charge in [0.1, 0.15) is 22.8 Å². The average Bonchev–Trinajstić information content (AvgIpc) is 3.59. The minimum Gasteiger partial charge on any atom is -0.481 e. The molecule has 1 unspecified atom stereocenters. The molecule has 56 heavy (non-hydrogen) atoms. The highest BCUT2D eigenvalue weighted by Gasteiger charge is 2.48. The standard InChI is InChI=1S/C42H51F3N6O5/c1-6-27-21-29-35(36(55-25-42(43,44)45)34(27)33-26(2)10-11-31-30(33)22-46-51(31)32-9-7-8-18-54-32)47-37(28-12-19-53-20-13-28)48-38(29)49-16-14-41(15-17-49)23-50(24-41)39(52)56-40(3,4)5/h6,10-11,21-22,28,32H,1,7-9,12-20,23-25H2,2-5H3. The zero-order valence-electron chi connectivity index (χ0n) is 32.7. The van der Waals surface area contributed by atoms with Gasteiger partial charge in [-0.2, -0.15) is 18.3 Å². The summed E-state index contributed by atoms with van der Waals surface area (Å²) in [7, 11) is 0. The molecule has 0 N–H and O–H groups in total. The first kappa shape index (κ1) is 38.4. The zero-order valence-corrected chi connectivity index (χ0v) is 32.7. The van der Waals surface area contributed by atoms with E-state index >= 15 is 0 Å². The van der Waals surface area contributed by atoms with Crippen LogP contribution in [0.2, 0.25) is 0 Å². The number of rotatable bonds is 7. The average molecular weight is 777 g/mol. The Morgan fingerprint density at radius 2 is 1.77 bits per heavy atom. The van der Waals surface area contributed by atoms with Gasteiger partial charge in [0.2, 0.25) is 0 Å². The van der Waals surface area contributed by atoms with Crippen molar-refractivity contribution in [3.05, 3.63) is 47.9 Å². The predicted octanol–water partition coefficient (Wildman–Crippen LogP) is 8.97. The predicted molar refractivity (Wildman–Crippen MR) is 208 cm³/mol. The molecule has 0 bridgehead atoms. The van der Waals surface area contributed by atoms with Crippen LogP contribution in [0.4, 0.5) is 23.8 Å². The van der Waals surface area contributed by atoms with Crippen molar-refractivity contribution in [3.63, 3.8) is 0 Å². The number of piperidine rings is 1. The third-order valence-corrected chi connectivity index (χ3v) is 11.7. The molecule has 4 aromatic rings. The Morgan fingerprint density at radius 1 is 1.02 bits per heavy atom. The molecule has 6 heterocycles. The van der Waals surface area contributed by atoms with E-state index in [1.54, 1.807) is 17.2 Å². The summed E-state index contributed by atoms with van der Waals surface area (Å²) < 4.78 is 67.6. The van der Waals surface area contributed by atoms with E-state index in [9.17, 15) is 18.0 Å². The van der Waals surface area contributed by atoms with E-state index in [1.165, 1.54) is 0 Å². The van der Waals surface area contributed by atoms with Crippen LogP contribution in [-0.4, -0.2) is 95.1 Å². The second-order valence-corrected chi connectivity index (χ2v) is 16.9. The Hall–Kier alpha value is -4.43. The summed E-state index contributed by atoms with van der Waals surface area (Å²) in [5.41, 5.74) is 3.22. The highest BCUT2D eigenvalue weighted by atomic mass is 19.4.